The number of nitrogens with zero attached hydrogens (tertiary/aromatic N) is 2. The molecular weight excluding hydrogens is 176 g/mol. The van der Waals surface area contributed by atoms with Crippen LogP contribution in [0.3, 0.4) is 0 Å². The van der Waals surface area contributed by atoms with Crippen molar-refractivity contribution >= 4 is 5.82 Å². The van der Waals surface area contributed by atoms with Gasteiger partial charge in [-0.15, -0.1) is 0 Å². The summed E-state index contributed by atoms with van der Waals surface area (Å²) in [7, 11) is 0. The minimum atomic E-state index is 0.179. The summed E-state index contributed by atoms with van der Waals surface area (Å²) in [4.78, 5) is 8.57. The molecule has 3 N–H and O–H groups in total. The van der Waals surface area contributed by atoms with Gasteiger partial charge in [-0.3, -0.25) is 4.98 Å². The van der Waals surface area contributed by atoms with E-state index in [4.69, 9.17) is 5.73 Å². The number of hydrogen-bond donors (Lipinski definition) is 2. The van der Waals surface area contributed by atoms with E-state index in [2.05, 4.69) is 22.2 Å². The molecule has 4 nitrogen and oxygen atoms in total. The highest BCUT2D eigenvalue weighted by atomic mass is 15.0. The Morgan fingerprint density at radius 3 is 2.71 bits per heavy atom. The van der Waals surface area contributed by atoms with Gasteiger partial charge in [-0.1, -0.05) is 6.92 Å². The lowest BCUT2D eigenvalue weighted by molar-refractivity contribution is 0.677. The van der Waals surface area contributed by atoms with Crippen LogP contribution in [0.4, 0.5) is 5.82 Å². The Labute approximate surface area is 85.0 Å². The van der Waals surface area contributed by atoms with Crippen molar-refractivity contribution in [3.05, 3.63) is 17.6 Å². The van der Waals surface area contributed by atoms with Gasteiger partial charge in [0.05, 0.1) is 17.6 Å². The minimum absolute atomic E-state index is 0.179. The van der Waals surface area contributed by atoms with Gasteiger partial charge in [0.2, 0.25) is 0 Å². The van der Waals surface area contributed by atoms with E-state index in [9.17, 15) is 0 Å². The highest BCUT2D eigenvalue weighted by molar-refractivity contribution is 5.33. The summed E-state index contributed by atoms with van der Waals surface area (Å²) in [5.41, 5.74) is 7.70. The van der Waals surface area contributed by atoms with Gasteiger partial charge in [0.25, 0.3) is 0 Å². The summed E-state index contributed by atoms with van der Waals surface area (Å²) in [5, 5.41) is 3.16. The molecule has 0 saturated heterocycles. The molecule has 0 saturated carbocycles. The summed E-state index contributed by atoms with van der Waals surface area (Å²) >= 11 is 0. The standard InChI is InChI=1S/C10H18N4/c1-4-9(11)5-13-10-6-12-7(2)8(3)14-10/h6,9H,4-5,11H2,1-3H3,(H,13,14). The molecule has 0 bridgehead atoms. The van der Waals surface area contributed by atoms with Gasteiger partial charge in [-0.2, -0.15) is 0 Å². The molecule has 1 heterocycles. The zero-order chi connectivity index (χ0) is 10.6. The first-order valence-corrected chi connectivity index (χ1v) is 4.93. The van der Waals surface area contributed by atoms with Gasteiger partial charge in [-0.25, -0.2) is 4.98 Å². The van der Waals surface area contributed by atoms with E-state index in [1.807, 2.05) is 13.8 Å². The summed E-state index contributed by atoms with van der Waals surface area (Å²) in [6, 6.07) is 0.179. The number of nitrogens with two attached hydrogens (primary N) is 1. The Morgan fingerprint density at radius 2 is 2.14 bits per heavy atom. The first-order chi connectivity index (χ1) is 6.63. The lowest BCUT2D eigenvalue weighted by Crippen LogP contribution is -2.28. The van der Waals surface area contributed by atoms with Crippen LogP contribution in [0, 0.1) is 13.8 Å². The van der Waals surface area contributed by atoms with Crippen molar-refractivity contribution in [1.82, 2.24) is 9.97 Å². The summed E-state index contributed by atoms with van der Waals surface area (Å²) in [6.07, 6.45) is 2.70. The number of aryl methyl sites for hydroxylation is 2. The topological polar surface area (TPSA) is 63.8 Å². The molecule has 0 aliphatic carbocycles. The average molecular weight is 194 g/mol. The van der Waals surface area contributed by atoms with Crippen molar-refractivity contribution in [2.45, 2.75) is 33.2 Å². The van der Waals surface area contributed by atoms with E-state index in [1.165, 1.54) is 0 Å². The Hall–Kier alpha value is -1.16. The minimum Gasteiger partial charge on any atom is -0.367 e. The normalized spacial score (nSPS) is 12.6. The lowest BCUT2D eigenvalue weighted by Gasteiger charge is -2.11. The Morgan fingerprint density at radius 1 is 1.43 bits per heavy atom. The van der Waals surface area contributed by atoms with Crippen LogP contribution in [-0.4, -0.2) is 22.6 Å². The van der Waals surface area contributed by atoms with E-state index in [0.29, 0.717) is 0 Å². The molecule has 1 unspecified atom stereocenters. The average Bonchev–Trinajstić information content (AvgIpc) is 2.19. The summed E-state index contributed by atoms with van der Waals surface area (Å²) in [5.74, 6) is 0.803. The Kier molecular flexibility index (Phi) is 3.83. The zero-order valence-electron chi connectivity index (χ0n) is 9.04. The molecule has 14 heavy (non-hydrogen) atoms. The predicted molar refractivity (Wildman–Crippen MR) is 58.3 cm³/mol. The van der Waals surface area contributed by atoms with Gasteiger partial charge in [0, 0.05) is 12.6 Å². The van der Waals surface area contributed by atoms with Crippen molar-refractivity contribution in [2.24, 2.45) is 5.73 Å². The van der Waals surface area contributed by atoms with E-state index >= 15 is 0 Å². The maximum atomic E-state index is 5.78. The van der Waals surface area contributed by atoms with Crippen LogP contribution in [0.5, 0.6) is 0 Å². The van der Waals surface area contributed by atoms with Crippen molar-refractivity contribution in [2.75, 3.05) is 11.9 Å². The predicted octanol–water partition coefficient (Wildman–Crippen LogP) is 1.24. The van der Waals surface area contributed by atoms with Gasteiger partial charge in [0.1, 0.15) is 5.82 Å². The summed E-state index contributed by atoms with van der Waals surface area (Å²) < 4.78 is 0. The Bertz CT molecular complexity index is 298. The molecule has 78 valence electrons. The second-order valence-corrected chi connectivity index (χ2v) is 3.48. The molecule has 0 fully saturated rings. The van der Waals surface area contributed by atoms with Crippen LogP contribution in [0.2, 0.25) is 0 Å². The van der Waals surface area contributed by atoms with Crippen molar-refractivity contribution in [1.29, 1.82) is 0 Å². The van der Waals surface area contributed by atoms with Crippen molar-refractivity contribution in [3.8, 4) is 0 Å². The van der Waals surface area contributed by atoms with Crippen LogP contribution in [0.1, 0.15) is 24.7 Å². The molecule has 0 aliphatic heterocycles. The third-order valence-corrected chi connectivity index (χ3v) is 2.26. The fourth-order valence-corrected chi connectivity index (χ4v) is 1.01. The largest absolute Gasteiger partial charge is 0.367 e. The zero-order valence-corrected chi connectivity index (χ0v) is 9.04. The Balaban J connectivity index is 2.55. The maximum absolute atomic E-state index is 5.78. The first kappa shape index (κ1) is 10.9. The van der Waals surface area contributed by atoms with E-state index in [-0.39, 0.29) is 6.04 Å². The second-order valence-electron chi connectivity index (χ2n) is 3.48. The van der Waals surface area contributed by atoms with Crippen LogP contribution in [0.25, 0.3) is 0 Å². The van der Waals surface area contributed by atoms with E-state index in [1.54, 1.807) is 6.20 Å². The van der Waals surface area contributed by atoms with Crippen molar-refractivity contribution in [3.63, 3.8) is 0 Å². The van der Waals surface area contributed by atoms with Crippen LogP contribution < -0.4 is 11.1 Å². The number of anilines is 1. The van der Waals surface area contributed by atoms with Gasteiger partial charge in [0.15, 0.2) is 0 Å². The highest BCUT2D eigenvalue weighted by Crippen LogP contribution is 2.05. The molecule has 0 radical (unpaired) electrons. The van der Waals surface area contributed by atoms with E-state index in [0.717, 1.165) is 30.2 Å². The third-order valence-electron chi connectivity index (χ3n) is 2.26. The molecule has 1 aromatic heterocycles. The van der Waals surface area contributed by atoms with Crippen molar-refractivity contribution < 1.29 is 0 Å². The number of rotatable bonds is 4. The molecule has 1 atom stereocenters. The maximum Gasteiger partial charge on any atom is 0.144 e. The first-order valence-electron chi connectivity index (χ1n) is 4.93. The van der Waals surface area contributed by atoms with Crippen LogP contribution in [-0.2, 0) is 0 Å². The molecule has 0 spiro atoms. The smallest absolute Gasteiger partial charge is 0.144 e. The van der Waals surface area contributed by atoms with Gasteiger partial charge < -0.3 is 11.1 Å². The number of hydrogen-bond acceptors (Lipinski definition) is 4. The van der Waals surface area contributed by atoms with Crippen LogP contribution >= 0.6 is 0 Å². The highest BCUT2D eigenvalue weighted by Gasteiger charge is 2.01. The fourth-order valence-electron chi connectivity index (χ4n) is 1.01. The summed E-state index contributed by atoms with van der Waals surface area (Å²) in [6.45, 7) is 6.71. The molecular formula is C10H18N4. The molecule has 0 aromatic carbocycles. The molecule has 1 rings (SSSR count). The quantitative estimate of drug-likeness (QED) is 0.757. The molecule has 0 aliphatic rings. The SMILES string of the molecule is CCC(N)CNc1cnc(C)c(C)n1. The number of aromatic nitrogens is 2. The monoisotopic (exact) mass is 194 g/mol. The second kappa shape index (κ2) is 4.91. The molecule has 1 aromatic rings. The lowest BCUT2D eigenvalue weighted by atomic mass is 10.2. The van der Waals surface area contributed by atoms with E-state index < -0.39 is 0 Å². The van der Waals surface area contributed by atoms with Gasteiger partial charge >= 0.3 is 0 Å². The molecule has 0 amide bonds. The molecule has 4 heteroatoms. The van der Waals surface area contributed by atoms with Crippen LogP contribution in [0.15, 0.2) is 6.20 Å². The number of nitrogens with one attached hydrogen (secondary N) is 1. The van der Waals surface area contributed by atoms with Gasteiger partial charge in [-0.05, 0) is 20.3 Å². The fraction of sp³-hybridized carbons (Fsp3) is 0.600. The third kappa shape index (κ3) is 2.96.